The first-order valence-electron chi connectivity index (χ1n) is 12.5. The molecule has 1 N–H and O–H groups in total. The second-order valence-electron chi connectivity index (χ2n) is 9.65. The van der Waals surface area contributed by atoms with Gasteiger partial charge in [0.25, 0.3) is 0 Å². The van der Waals surface area contributed by atoms with Crippen LogP contribution in [0.25, 0.3) is 10.9 Å². The molecule has 1 aliphatic heterocycles. The molecule has 1 aromatic heterocycles. The quantitative estimate of drug-likeness (QED) is 0.320. The highest BCUT2D eigenvalue weighted by Crippen LogP contribution is 2.34. The van der Waals surface area contributed by atoms with Crippen molar-refractivity contribution in [2.45, 2.75) is 31.7 Å². The van der Waals surface area contributed by atoms with Gasteiger partial charge < -0.3 is 14.8 Å². The van der Waals surface area contributed by atoms with Gasteiger partial charge in [-0.2, -0.15) is 0 Å². The molecule has 1 saturated carbocycles. The van der Waals surface area contributed by atoms with Crippen molar-refractivity contribution in [1.82, 2.24) is 14.9 Å². The summed E-state index contributed by atoms with van der Waals surface area (Å²) in [5.41, 5.74) is 2.06. The number of fused-ring (bicyclic) bond motifs is 1. The number of hydrogen-bond donors (Lipinski definition) is 1. The highest BCUT2D eigenvalue weighted by Gasteiger charge is 2.26. The monoisotopic (exact) mass is 524 g/mol. The van der Waals surface area contributed by atoms with Crippen molar-refractivity contribution in [3.8, 4) is 5.75 Å². The van der Waals surface area contributed by atoms with Crippen LogP contribution in [0.3, 0.4) is 0 Å². The molecule has 1 aliphatic carbocycles. The normalized spacial score (nSPS) is 17.8. The van der Waals surface area contributed by atoms with E-state index in [1.165, 1.54) is 31.3 Å². The van der Waals surface area contributed by atoms with Gasteiger partial charge in [0.1, 0.15) is 23.7 Å². The number of benzene rings is 2. The molecule has 1 saturated heterocycles. The fraction of sp³-hybridized carbons (Fsp3) is 0.393. The third-order valence-corrected chi connectivity index (χ3v) is 7.09. The summed E-state index contributed by atoms with van der Waals surface area (Å²) in [6, 6.07) is 8.58. The number of aromatic nitrogens is 2. The molecule has 0 amide bonds. The minimum atomic E-state index is -0.491. The van der Waals surface area contributed by atoms with Gasteiger partial charge in [-0.25, -0.2) is 14.4 Å². The lowest BCUT2D eigenvalue weighted by Crippen LogP contribution is -2.49. The maximum atomic E-state index is 13.6. The number of halogens is 2. The Balaban J connectivity index is 1.36. The SMILES string of the molecule is COC[C@@H]1CCN1C/C=C/C(=O)Cc1cc2c(Nc3ccc(F)c(Cl)c3)ncnc2cc1OCC1CC1. The van der Waals surface area contributed by atoms with E-state index in [-0.39, 0.29) is 17.2 Å². The summed E-state index contributed by atoms with van der Waals surface area (Å²) in [7, 11) is 1.71. The van der Waals surface area contributed by atoms with Gasteiger partial charge in [-0.15, -0.1) is 0 Å². The standard InChI is InChI=1S/C28H30ClFN4O3/c1-36-16-21-8-10-34(21)9-2-3-22(35)11-19-12-23-26(14-27(19)37-15-18-4-5-18)31-17-32-28(23)33-20-6-7-25(30)24(29)13-20/h2-3,6-7,12-14,17-18,21H,4-5,8-11,15-16H2,1H3,(H,31,32,33)/b3-2+/t21-/m0/s1. The van der Waals surface area contributed by atoms with Crippen LogP contribution in [0.4, 0.5) is 15.9 Å². The largest absolute Gasteiger partial charge is 0.493 e. The van der Waals surface area contributed by atoms with Gasteiger partial charge in [0.15, 0.2) is 5.78 Å². The van der Waals surface area contributed by atoms with Crippen molar-refractivity contribution in [2.24, 2.45) is 5.92 Å². The van der Waals surface area contributed by atoms with E-state index in [1.807, 2.05) is 18.2 Å². The molecular formula is C28H30ClFN4O3. The second-order valence-corrected chi connectivity index (χ2v) is 10.1. The predicted octanol–water partition coefficient (Wildman–Crippen LogP) is 5.34. The molecule has 194 valence electrons. The van der Waals surface area contributed by atoms with Gasteiger partial charge in [-0.05, 0) is 55.5 Å². The molecule has 3 aromatic rings. The van der Waals surface area contributed by atoms with E-state index in [1.54, 1.807) is 19.3 Å². The summed E-state index contributed by atoms with van der Waals surface area (Å²) >= 11 is 5.95. The third-order valence-electron chi connectivity index (χ3n) is 6.80. The Morgan fingerprint density at radius 1 is 1.22 bits per heavy atom. The molecule has 0 unspecified atom stereocenters. The minimum Gasteiger partial charge on any atom is -0.493 e. The Morgan fingerprint density at radius 2 is 2.08 bits per heavy atom. The number of allylic oxidation sites excluding steroid dienone is 1. The third kappa shape index (κ3) is 6.44. The van der Waals surface area contributed by atoms with Gasteiger partial charge in [0.2, 0.25) is 0 Å². The van der Waals surface area contributed by atoms with Gasteiger partial charge in [-0.1, -0.05) is 17.7 Å². The second kappa shape index (κ2) is 11.5. The van der Waals surface area contributed by atoms with E-state index in [4.69, 9.17) is 21.1 Å². The van der Waals surface area contributed by atoms with Crippen LogP contribution in [-0.4, -0.2) is 60.1 Å². The number of nitrogens with one attached hydrogen (secondary N) is 1. The molecule has 2 heterocycles. The van der Waals surface area contributed by atoms with Gasteiger partial charge in [0, 0.05) is 55.4 Å². The molecule has 7 nitrogen and oxygen atoms in total. The number of hydrogen-bond acceptors (Lipinski definition) is 7. The molecule has 5 rings (SSSR count). The van der Waals surface area contributed by atoms with E-state index in [9.17, 15) is 9.18 Å². The molecule has 2 aromatic carbocycles. The number of nitrogens with zero attached hydrogens (tertiary/aromatic N) is 3. The van der Waals surface area contributed by atoms with Crippen LogP contribution in [-0.2, 0) is 16.0 Å². The number of likely N-dealkylation sites (tertiary alicyclic amines) is 1. The Morgan fingerprint density at radius 3 is 2.81 bits per heavy atom. The molecule has 0 spiro atoms. The first-order valence-corrected chi connectivity index (χ1v) is 12.9. The average Bonchev–Trinajstić information content (AvgIpc) is 3.70. The van der Waals surface area contributed by atoms with Gasteiger partial charge >= 0.3 is 0 Å². The van der Waals surface area contributed by atoms with Crippen molar-refractivity contribution < 1.29 is 18.7 Å². The lowest BCUT2D eigenvalue weighted by molar-refractivity contribution is -0.114. The number of methoxy groups -OCH3 is 1. The average molecular weight is 525 g/mol. The van der Waals surface area contributed by atoms with Crippen molar-refractivity contribution >= 4 is 39.8 Å². The first kappa shape index (κ1) is 25.6. The Kier molecular flexibility index (Phi) is 7.98. The Hall–Kier alpha value is -3.07. The molecule has 2 fully saturated rings. The van der Waals surface area contributed by atoms with E-state index < -0.39 is 5.82 Å². The maximum absolute atomic E-state index is 13.6. The Bertz CT molecular complexity index is 1310. The molecule has 0 radical (unpaired) electrons. The summed E-state index contributed by atoms with van der Waals surface area (Å²) in [6.07, 6.45) is 8.69. The smallest absolute Gasteiger partial charge is 0.159 e. The summed E-state index contributed by atoms with van der Waals surface area (Å²) in [5.74, 6) is 1.28. The van der Waals surface area contributed by atoms with Crippen LogP contribution < -0.4 is 10.1 Å². The fourth-order valence-electron chi connectivity index (χ4n) is 4.39. The van der Waals surface area contributed by atoms with Gasteiger partial charge in [-0.3, -0.25) is 9.69 Å². The van der Waals surface area contributed by atoms with E-state index >= 15 is 0 Å². The first-order chi connectivity index (χ1) is 18.0. The summed E-state index contributed by atoms with van der Waals surface area (Å²) in [4.78, 5) is 24.0. The molecular weight excluding hydrogens is 495 g/mol. The van der Waals surface area contributed by atoms with Gasteiger partial charge in [0.05, 0.1) is 23.8 Å². The zero-order valence-corrected chi connectivity index (χ0v) is 21.5. The number of carbonyl (C=O) groups is 1. The zero-order valence-electron chi connectivity index (χ0n) is 20.8. The lowest BCUT2D eigenvalue weighted by atomic mass is 10.0. The van der Waals surface area contributed by atoms with Crippen LogP contribution in [0.2, 0.25) is 5.02 Å². The highest BCUT2D eigenvalue weighted by atomic mass is 35.5. The molecule has 37 heavy (non-hydrogen) atoms. The minimum absolute atomic E-state index is 0.00360. The molecule has 0 bridgehead atoms. The van der Waals surface area contributed by atoms with Crippen molar-refractivity contribution in [3.05, 3.63) is 65.2 Å². The van der Waals surface area contributed by atoms with Crippen LogP contribution in [0.1, 0.15) is 24.8 Å². The van der Waals surface area contributed by atoms with Crippen molar-refractivity contribution in [1.29, 1.82) is 0 Å². The Labute approximate surface area is 220 Å². The predicted molar refractivity (Wildman–Crippen MR) is 142 cm³/mol. The fourth-order valence-corrected chi connectivity index (χ4v) is 4.57. The highest BCUT2D eigenvalue weighted by molar-refractivity contribution is 6.31. The zero-order chi connectivity index (χ0) is 25.8. The van der Waals surface area contributed by atoms with E-state index in [2.05, 4.69) is 20.2 Å². The lowest BCUT2D eigenvalue weighted by Gasteiger charge is -2.39. The van der Waals surface area contributed by atoms with Crippen LogP contribution in [0.15, 0.2) is 48.8 Å². The van der Waals surface area contributed by atoms with Crippen molar-refractivity contribution in [3.63, 3.8) is 0 Å². The van der Waals surface area contributed by atoms with E-state index in [0.29, 0.717) is 47.9 Å². The molecule has 2 aliphatic rings. The van der Waals surface area contributed by atoms with Crippen LogP contribution in [0, 0.1) is 11.7 Å². The van der Waals surface area contributed by atoms with Crippen LogP contribution >= 0.6 is 11.6 Å². The maximum Gasteiger partial charge on any atom is 0.159 e. The summed E-state index contributed by atoms with van der Waals surface area (Å²) in [5, 5.41) is 3.94. The topological polar surface area (TPSA) is 76.6 Å². The number of rotatable bonds is 12. The van der Waals surface area contributed by atoms with Crippen LogP contribution in [0.5, 0.6) is 5.75 Å². The van der Waals surface area contributed by atoms with Crippen molar-refractivity contribution in [2.75, 3.05) is 38.7 Å². The number of carbonyl (C=O) groups excluding carboxylic acids is 1. The summed E-state index contributed by atoms with van der Waals surface area (Å²) < 4.78 is 25.0. The number of ketones is 1. The number of ether oxygens (including phenoxy) is 2. The summed E-state index contributed by atoms with van der Waals surface area (Å²) in [6.45, 7) is 3.09. The molecule has 1 atom stereocenters. The van der Waals surface area contributed by atoms with E-state index in [0.717, 1.165) is 30.5 Å². The number of anilines is 2. The molecule has 9 heteroatoms.